The third-order valence-corrected chi connectivity index (χ3v) is 8.26. The van der Waals surface area contributed by atoms with E-state index >= 15 is 0 Å². The molecule has 1 aliphatic carbocycles. The number of Topliss-reactive ketones (excluding diaryl/α,β-unsaturated/α-hetero) is 1. The molecule has 0 unspecified atom stereocenters. The van der Waals surface area contributed by atoms with E-state index in [1.807, 2.05) is 52.1 Å². The van der Waals surface area contributed by atoms with Gasteiger partial charge in [0.25, 0.3) is 0 Å². The molecule has 7 nitrogen and oxygen atoms in total. The third kappa shape index (κ3) is 8.38. The number of ketones is 1. The molecule has 0 bridgehead atoms. The normalized spacial score (nSPS) is 13.2. The number of nitrogens with zero attached hydrogens (tertiary/aromatic N) is 3. The minimum absolute atomic E-state index is 0.104. The lowest BCUT2D eigenvalue weighted by atomic mass is 10.0. The molecule has 9 heteroatoms. The number of benzene rings is 1. The predicted molar refractivity (Wildman–Crippen MR) is 167 cm³/mol. The Morgan fingerprint density at radius 3 is 2.49 bits per heavy atom. The predicted octanol–water partition coefficient (Wildman–Crippen LogP) is 8.39. The van der Waals surface area contributed by atoms with Gasteiger partial charge in [0.05, 0.1) is 20.8 Å². The van der Waals surface area contributed by atoms with E-state index in [-0.39, 0.29) is 24.0 Å². The molecule has 3 heterocycles. The van der Waals surface area contributed by atoms with Crippen LogP contribution in [-0.2, 0) is 22.4 Å². The highest BCUT2D eigenvalue weighted by Gasteiger charge is 2.24. The van der Waals surface area contributed by atoms with Gasteiger partial charge in [0.15, 0.2) is 11.6 Å². The molecule has 1 aromatic carbocycles. The maximum Gasteiger partial charge on any atom is 0.410 e. The van der Waals surface area contributed by atoms with E-state index in [4.69, 9.17) is 9.47 Å². The van der Waals surface area contributed by atoms with Crippen molar-refractivity contribution >= 4 is 33.4 Å². The highest BCUT2D eigenvalue weighted by atomic mass is 32.1. The monoisotopic (exact) mass is 603 g/mol. The van der Waals surface area contributed by atoms with E-state index in [9.17, 15) is 14.0 Å². The number of amides is 1. The first kappa shape index (κ1) is 30.6. The first-order valence-corrected chi connectivity index (χ1v) is 15.7. The second-order valence-electron chi connectivity index (χ2n) is 12.1. The van der Waals surface area contributed by atoms with Gasteiger partial charge in [-0.15, -0.1) is 11.3 Å². The summed E-state index contributed by atoms with van der Waals surface area (Å²) in [7, 11) is 0. The van der Waals surface area contributed by atoms with E-state index in [0.29, 0.717) is 43.2 Å². The molecule has 0 radical (unpaired) electrons. The van der Waals surface area contributed by atoms with Crippen molar-refractivity contribution in [1.29, 1.82) is 0 Å². The van der Waals surface area contributed by atoms with Crippen LogP contribution in [0, 0.1) is 11.7 Å². The lowest BCUT2D eigenvalue weighted by Gasteiger charge is -2.27. The first-order chi connectivity index (χ1) is 20.6. The Morgan fingerprint density at radius 1 is 1.02 bits per heavy atom. The second kappa shape index (κ2) is 13.2. The van der Waals surface area contributed by atoms with Gasteiger partial charge in [0.2, 0.25) is 0 Å². The highest BCUT2D eigenvalue weighted by molar-refractivity contribution is 7.22. The Kier molecular flexibility index (Phi) is 9.40. The smallest absolute Gasteiger partial charge is 0.410 e. The number of carbonyl (C=O) groups is 2. The Hall–Kier alpha value is -3.85. The molecule has 0 N–H and O–H groups in total. The number of pyridine rings is 2. The zero-order chi connectivity index (χ0) is 30.6. The number of carbonyl (C=O) groups excluding carboxylic acids is 2. The summed E-state index contributed by atoms with van der Waals surface area (Å²) in [5.74, 6) is 0.780. The fourth-order valence-corrected chi connectivity index (χ4v) is 5.84. The van der Waals surface area contributed by atoms with Crippen LogP contribution >= 0.6 is 11.3 Å². The maximum atomic E-state index is 15.0. The van der Waals surface area contributed by atoms with Crippen LogP contribution < -0.4 is 4.74 Å². The largest absolute Gasteiger partial charge is 0.453 e. The van der Waals surface area contributed by atoms with Crippen molar-refractivity contribution < 1.29 is 23.5 Å². The molecule has 0 spiro atoms. The Bertz CT molecular complexity index is 1590. The molecule has 5 rings (SSSR count). The van der Waals surface area contributed by atoms with Crippen molar-refractivity contribution in [3.05, 3.63) is 71.8 Å². The summed E-state index contributed by atoms with van der Waals surface area (Å²) >= 11 is 1.48. The van der Waals surface area contributed by atoms with Gasteiger partial charge < -0.3 is 14.4 Å². The molecule has 0 aliphatic heterocycles. The number of rotatable bonds is 12. The van der Waals surface area contributed by atoms with Crippen LogP contribution in [0.5, 0.6) is 11.5 Å². The van der Waals surface area contributed by atoms with E-state index < -0.39 is 11.4 Å². The van der Waals surface area contributed by atoms with Crippen LogP contribution in [0.2, 0.25) is 0 Å². The van der Waals surface area contributed by atoms with Gasteiger partial charge >= 0.3 is 6.09 Å². The van der Waals surface area contributed by atoms with E-state index in [0.717, 1.165) is 45.6 Å². The Balaban J connectivity index is 1.25. The Morgan fingerprint density at radius 2 is 1.81 bits per heavy atom. The molecule has 0 saturated heterocycles. The lowest BCUT2D eigenvalue weighted by molar-refractivity contribution is -0.118. The van der Waals surface area contributed by atoms with Crippen molar-refractivity contribution in [2.45, 2.75) is 71.8 Å². The van der Waals surface area contributed by atoms with E-state index in [2.05, 4.69) is 9.97 Å². The number of hydrogen-bond acceptors (Lipinski definition) is 7. The van der Waals surface area contributed by atoms with Gasteiger partial charge in [0, 0.05) is 44.4 Å². The van der Waals surface area contributed by atoms with Crippen LogP contribution in [0.1, 0.15) is 64.5 Å². The maximum absolute atomic E-state index is 15.0. The van der Waals surface area contributed by atoms with Crippen molar-refractivity contribution in [1.82, 2.24) is 14.9 Å². The molecule has 4 aromatic rings. The summed E-state index contributed by atoms with van der Waals surface area (Å²) in [5, 5.41) is 0. The fourth-order valence-electron chi connectivity index (χ4n) is 4.79. The van der Waals surface area contributed by atoms with Gasteiger partial charge in [-0.05, 0) is 87.8 Å². The molecule has 0 atom stereocenters. The standard InChI is InChI=1S/C34H38FN3O4S/c1-5-15-38(33(40)42-34(2,3)4)16-13-23-8-10-27(37-21-23)31-20-28-32(43-31)30(12-14-36-28)41-29-11-9-24(19-26(29)35)18-25(39)17-22-6-7-22/h8-12,14,19-22H,5-7,13,15-18H2,1-4H3. The molecular weight excluding hydrogens is 565 g/mol. The average Bonchev–Trinajstić information content (AvgIpc) is 3.65. The zero-order valence-corrected chi connectivity index (χ0v) is 26.0. The van der Waals surface area contributed by atoms with Crippen molar-refractivity contribution in [2.24, 2.45) is 5.92 Å². The van der Waals surface area contributed by atoms with Gasteiger partial charge in [-0.25, -0.2) is 9.18 Å². The van der Waals surface area contributed by atoms with Crippen molar-refractivity contribution in [2.75, 3.05) is 13.1 Å². The summed E-state index contributed by atoms with van der Waals surface area (Å²) < 4.78 is 27.3. The van der Waals surface area contributed by atoms with Crippen molar-refractivity contribution in [3.63, 3.8) is 0 Å². The summed E-state index contributed by atoms with van der Waals surface area (Å²) in [5.41, 5.74) is 2.67. The highest BCUT2D eigenvalue weighted by Crippen LogP contribution is 2.39. The molecule has 1 saturated carbocycles. The minimum atomic E-state index is -0.536. The molecule has 3 aromatic heterocycles. The van der Waals surface area contributed by atoms with Crippen LogP contribution in [0.4, 0.5) is 9.18 Å². The van der Waals surface area contributed by atoms with Crippen LogP contribution in [0.15, 0.2) is 54.9 Å². The number of fused-ring (bicyclic) bond motifs is 1. The number of thiophene rings is 1. The van der Waals surface area contributed by atoms with Crippen LogP contribution in [0.25, 0.3) is 20.8 Å². The van der Waals surface area contributed by atoms with E-state index in [1.165, 1.54) is 17.4 Å². The topological polar surface area (TPSA) is 81.6 Å². The van der Waals surface area contributed by atoms with Crippen LogP contribution in [-0.4, -0.2) is 45.4 Å². The number of halogens is 1. The quantitative estimate of drug-likeness (QED) is 0.162. The Labute approximate surface area is 256 Å². The molecule has 226 valence electrons. The third-order valence-electron chi connectivity index (χ3n) is 7.10. The van der Waals surface area contributed by atoms with Crippen LogP contribution in [0.3, 0.4) is 0 Å². The summed E-state index contributed by atoms with van der Waals surface area (Å²) in [6, 6.07) is 12.4. The molecule has 1 aliphatic rings. The zero-order valence-electron chi connectivity index (χ0n) is 25.2. The number of hydrogen-bond donors (Lipinski definition) is 0. The summed E-state index contributed by atoms with van der Waals surface area (Å²) in [6.07, 6.45) is 7.75. The number of ether oxygens (including phenoxy) is 2. The molecule has 1 fully saturated rings. The fraction of sp³-hybridized carbons (Fsp3) is 0.412. The summed E-state index contributed by atoms with van der Waals surface area (Å²) in [6.45, 7) is 8.82. The minimum Gasteiger partial charge on any atom is -0.453 e. The van der Waals surface area contributed by atoms with Gasteiger partial charge in [-0.3, -0.25) is 14.8 Å². The van der Waals surface area contributed by atoms with Gasteiger partial charge in [0.1, 0.15) is 17.1 Å². The van der Waals surface area contributed by atoms with Gasteiger partial charge in [-0.2, -0.15) is 0 Å². The number of aromatic nitrogens is 2. The van der Waals surface area contributed by atoms with Crippen molar-refractivity contribution in [3.8, 4) is 22.1 Å². The van der Waals surface area contributed by atoms with Gasteiger partial charge in [-0.1, -0.05) is 19.1 Å². The average molecular weight is 604 g/mol. The second-order valence-corrected chi connectivity index (χ2v) is 13.2. The summed E-state index contributed by atoms with van der Waals surface area (Å²) in [4.78, 5) is 36.6. The molecule has 43 heavy (non-hydrogen) atoms. The van der Waals surface area contributed by atoms with E-state index in [1.54, 1.807) is 29.3 Å². The molecule has 1 amide bonds. The SMILES string of the molecule is CCCN(CCc1ccc(-c2cc3nccc(Oc4ccc(CC(=O)CC5CC5)cc4F)c3s2)nc1)C(=O)OC(C)(C)C. The lowest BCUT2D eigenvalue weighted by Crippen LogP contribution is -2.38. The first-order valence-electron chi connectivity index (χ1n) is 14.9. The molecular formula is C34H38FN3O4S.